The van der Waals surface area contributed by atoms with Crippen molar-refractivity contribution in [3.05, 3.63) is 11.7 Å². The van der Waals surface area contributed by atoms with E-state index in [-0.39, 0.29) is 12.2 Å². The van der Waals surface area contributed by atoms with Crippen LogP contribution < -0.4 is 0 Å². The number of aliphatic hydroxyl groups excluding tert-OH is 1. The van der Waals surface area contributed by atoms with Crippen LogP contribution >= 0.6 is 11.8 Å². The van der Waals surface area contributed by atoms with Gasteiger partial charge in [0.25, 0.3) is 0 Å². The average Bonchev–Trinajstić information content (AvgIpc) is 2.90. The van der Waals surface area contributed by atoms with E-state index in [2.05, 4.69) is 10.1 Å². The van der Waals surface area contributed by atoms with Crippen LogP contribution in [0.3, 0.4) is 0 Å². The van der Waals surface area contributed by atoms with Crippen molar-refractivity contribution in [3.63, 3.8) is 0 Å². The van der Waals surface area contributed by atoms with E-state index in [4.69, 9.17) is 9.26 Å². The number of aliphatic hydroxyl groups is 1. The first-order valence-corrected chi connectivity index (χ1v) is 7.69. The molecule has 0 radical (unpaired) electrons. The number of rotatable bonds is 2. The zero-order valence-corrected chi connectivity index (χ0v) is 11.1. The monoisotopic (exact) mass is 270 g/mol. The molecule has 1 unspecified atom stereocenters. The van der Waals surface area contributed by atoms with Gasteiger partial charge in [0.05, 0.1) is 12.7 Å². The maximum absolute atomic E-state index is 9.49. The number of ether oxygens (including phenoxy) is 1. The first-order valence-electron chi connectivity index (χ1n) is 6.54. The zero-order valence-electron chi connectivity index (χ0n) is 10.2. The lowest BCUT2D eigenvalue weighted by Gasteiger charge is -2.22. The summed E-state index contributed by atoms with van der Waals surface area (Å²) in [6.45, 7) is 0.759. The summed E-state index contributed by atoms with van der Waals surface area (Å²) < 4.78 is 11.0. The molecular formula is C12H18N2O3S. The van der Waals surface area contributed by atoms with Crippen molar-refractivity contribution in [2.45, 2.75) is 43.8 Å². The molecule has 0 aromatic carbocycles. The van der Waals surface area contributed by atoms with Gasteiger partial charge in [0.1, 0.15) is 6.10 Å². The van der Waals surface area contributed by atoms with Crippen molar-refractivity contribution >= 4 is 11.8 Å². The van der Waals surface area contributed by atoms with E-state index in [1.807, 2.05) is 11.8 Å². The van der Waals surface area contributed by atoms with Gasteiger partial charge < -0.3 is 14.4 Å². The van der Waals surface area contributed by atoms with Gasteiger partial charge in [-0.2, -0.15) is 16.7 Å². The van der Waals surface area contributed by atoms with Crippen LogP contribution in [0.4, 0.5) is 0 Å². The Kier molecular flexibility index (Phi) is 3.86. The smallest absolute Gasteiger partial charge is 0.229 e. The lowest BCUT2D eigenvalue weighted by Crippen LogP contribution is -2.18. The summed E-state index contributed by atoms with van der Waals surface area (Å²) >= 11 is 1.86. The molecule has 6 heteroatoms. The summed E-state index contributed by atoms with van der Waals surface area (Å²) in [5.74, 6) is 3.66. The third-order valence-corrected chi connectivity index (χ3v) is 4.60. The minimum atomic E-state index is -0.151. The summed E-state index contributed by atoms with van der Waals surface area (Å²) in [5.41, 5.74) is 0. The highest BCUT2D eigenvalue weighted by Gasteiger charge is 2.28. The predicted molar refractivity (Wildman–Crippen MR) is 67.5 cm³/mol. The maximum Gasteiger partial charge on any atom is 0.229 e. The van der Waals surface area contributed by atoms with Crippen LogP contribution in [0.1, 0.15) is 49.4 Å². The third kappa shape index (κ3) is 2.70. The van der Waals surface area contributed by atoms with Crippen LogP contribution in [0.5, 0.6) is 0 Å². The van der Waals surface area contributed by atoms with Gasteiger partial charge >= 0.3 is 0 Å². The van der Waals surface area contributed by atoms with E-state index >= 15 is 0 Å². The maximum atomic E-state index is 9.49. The summed E-state index contributed by atoms with van der Waals surface area (Å²) in [7, 11) is 0. The van der Waals surface area contributed by atoms with Crippen molar-refractivity contribution in [2.24, 2.45) is 0 Å². The number of nitrogens with zero attached hydrogens (tertiary/aromatic N) is 2. The fraction of sp³-hybridized carbons (Fsp3) is 0.833. The Morgan fingerprint density at radius 2 is 2.06 bits per heavy atom. The molecule has 100 valence electrons. The van der Waals surface area contributed by atoms with E-state index in [1.54, 1.807) is 0 Å². The normalized spacial score (nSPS) is 33.5. The zero-order chi connectivity index (χ0) is 12.4. The van der Waals surface area contributed by atoms with Crippen molar-refractivity contribution in [1.82, 2.24) is 10.1 Å². The lowest BCUT2D eigenvalue weighted by molar-refractivity contribution is 0.0677. The number of hydrogen-bond acceptors (Lipinski definition) is 6. The molecule has 0 bridgehead atoms. The quantitative estimate of drug-likeness (QED) is 0.885. The number of thioether (sulfide) groups is 1. The molecule has 2 heterocycles. The summed E-state index contributed by atoms with van der Waals surface area (Å²) in [6.07, 6.45) is 3.36. The van der Waals surface area contributed by atoms with Crippen LogP contribution in [0.2, 0.25) is 0 Å². The van der Waals surface area contributed by atoms with Gasteiger partial charge in [0, 0.05) is 17.4 Å². The highest BCUT2D eigenvalue weighted by molar-refractivity contribution is 7.99. The molecule has 0 amide bonds. The minimum absolute atomic E-state index is 0.0181. The first-order chi connectivity index (χ1) is 8.83. The summed E-state index contributed by atoms with van der Waals surface area (Å²) in [6, 6.07) is 0. The number of hydrogen-bond donors (Lipinski definition) is 1. The molecule has 1 aliphatic heterocycles. The summed E-state index contributed by atoms with van der Waals surface area (Å²) in [5, 5.41) is 13.5. The van der Waals surface area contributed by atoms with Crippen LogP contribution in [0, 0.1) is 0 Å². The Hall–Kier alpha value is -0.590. The third-order valence-electron chi connectivity index (χ3n) is 3.61. The molecule has 1 saturated carbocycles. The Bertz CT molecular complexity index is 384. The molecule has 5 nitrogen and oxygen atoms in total. The molecule has 1 N–H and O–H groups in total. The predicted octanol–water partition coefficient (Wildman–Crippen LogP) is 1.89. The van der Waals surface area contributed by atoms with Gasteiger partial charge in [0.2, 0.25) is 11.7 Å². The van der Waals surface area contributed by atoms with E-state index in [1.165, 1.54) is 0 Å². The first kappa shape index (κ1) is 12.4. The average molecular weight is 270 g/mol. The molecule has 1 aliphatic carbocycles. The van der Waals surface area contributed by atoms with Crippen molar-refractivity contribution in [1.29, 1.82) is 0 Å². The molecule has 1 aromatic heterocycles. The second kappa shape index (κ2) is 5.59. The Labute approximate surface area is 110 Å². The van der Waals surface area contributed by atoms with Gasteiger partial charge in [-0.15, -0.1) is 0 Å². The Morgan fingerprint density at radius 1 is 1.22 bits per heavy atom. The minimum Gasteiger partial charge on any atom is -0.393 e. The largest absolute Gasteiger partial charge is 0.393 e. The molecule has 2 fully saturated rings. The van der Waals surface area contributed by atoms with Crippen molar-refractivity contribution in [3.8, 4) is 0 Å². The van der Waals surface area contributed by atoms with Gasteiger partial charge in [0.15, 0.2) is 0 Å². The second-order valence-corrected chi connectivity index (χ2v) is 6.08. The number of aromatic nitrogens is 2. The highest BCUT2D eigenvalue weighted by atomic mass is 32.2. The van der Waals surface area contributed by atoms with E-state index in [0.29, 0.717) is 11.7 Å². The Balaban J connectivity index is 1.65. The molecule has 1 atom stereocenters. The SMILES string of the molecule is OC1CCC(c2nc(C3CSCCO3)no2)CC1. The summed E-state index contributed by atoms with van der Waals surface area (Å²) in [4.78, 5) is 4.48. The van der Waals surface area contributed by atoms with E-state index in [9.17, 15) is 5.11 Å². The van der Waals surface area contributed by atoms with Crippen molar-refractivity contribution < 1.29 is 14.4 Å². The van der Waals surface area contributed by atoms with Crippen LogP contribution in [-0.4, -0.2) is 39.5 Å². The molecule has 2 aliphatic rings. The highest BCUT2D eigenvalue weighted by Crippen LogP contribution is 2.33. The second-order valence-electron chi connectivity index (χ2n) is 4.93. The topological polar surface area (TPSA) is 68.4 Å². The molecular weight excluding hydrogens is 252 g/mol. The molecule has 1 aromatic rings. The fourth-order valence-corrected chi connectivity index (χ4v) is 3.34. The van der Waals surface area contributed by atoms with Gasteiger partial charge in [-0.1, -0.05) is 5.16 Å². The lowest BCUT2D eigenvalue weighted by atomic mass is 9.87. The van der Waals surface area contributed by atoms with Gasteiger partial charge in [-0.05, 0) is 25.7 Å². The standard InChI is InChI=1S/C12H18N2O3S/c15-9-3-1-8(2-4-9)12-13-11(14-17-12)10-7-18-6-5-16-10/h8-10,15H,1-7H2. The van der Waals surface area contributed by atoms with Gasteiger partial charge in [-0.3, -0.25) is 0 Å². The fourth-order valence-electron chi connectivity index (χ4n) is 2.50. The van der Waals surface area contributed by atoms with Crippen LogP contribution in [-0.2, 0) is 4.74 Å². The van der Waals surface area contributed by atoms with Crippen LogP contribution in [0.15, 0.2) is 4.52 Å². The Morgan fingerprint density at radius 3 is 2.78 bits per heavy atom. The molecule has 0 spiro atoms. The van der Waals surface area contributed by atoms with Gasteiger partial charge in [-0.25, -0.2) is 0 Å². The van der Waals surface area contributed by atoms with Crippen molar-refractivity contribution in [2.75, 3.05) is 18.1 Å². The molecule has 3 rings (SSSR count). The molecule has 1 saturated heterocycles. The van der Waals surface area contributed by atoms with E-state index < -0.39 is 0 Å². The van der Waals surface area contributed by atoms with E-state index in [0.717, 1.165) is 49.7 Å². The molecule has 18 heavy (non-hydrogen) atoms. The van der Waals surface area contributed by atoms with Crippen LogP contribution in [0.25, 0.3) is 0 Å².